The van der Waals surface area contributed by atoms with Gasteiger partial charge in [-0.1, -0.05) is 19.4 Å². The van der Waals surface area contributed by atoms with Gasteiger partial charge in [-0.05, 0) is 37.6 Å². The minimum absolute atomic E-state index is 0.156. The molecule has 0 aliphatic rings. The quantitative estimate of drug-likeness (QED) is 0.533. The molecule has 0 aromatic heterocycles. The number of unbranched alkanes of at least 4 members (excludes halogenated alkanes) is 1. The van der Waals surface area contributed by atoms with E-state index >= 15 is 0 Å². The monoisotopic (exact) mass is 368 g/mol. The van der Waals surface area contributed by atoms with E-state index < -0.39 is 28.5 Å². The zero-order valence-electron chi connectivity index (χ0n) is 14.7. The number of hydrogen-bond donors (Lipinski definition) is 1. The maximum atomic E-state index is 12.4. The summed E-state index contributed by atoms with van der Waals surface area (Å²) in [5.74, 6) is -1.11. The van der Waals surface area contributed by atoms with Crippen molar-refractivity contribution in [2.45, 2.75) is 31.6 Å². The summed E-state index contributed by atoms with van der Waals surface area (Å²) < 4.78 is 30.8. The van der Waals surface area contributed by atoms with Gasteiger partial charge in [-0.15, -0.1) is 0 Å². The van der Waals surface area contributed by atoms with E-state index in [2.05, 4.69) is 5.32 Å². The zero-order valence-corrected chi connectivity index (χ0v) is 15.5. The Bertz CT molecular complexity index is 711. The van der Waals surface area contributed by atoms with Crippen LogP contribution in [-0.4, -0.2) is 44.8 Å². The summed E-state index contributed by atoms with van der Waals surface area (Å²) in [5, 5.41) is 2.53. The minimum Gasteiger partial charge on any atom is -0.452 e. The molecule has 0 spiro atoms. The van der Waals surface area contributed by atoms with Crippen LogP contribution in [0.5, 0.6) is 0 Å². The van der Waals surface area contributed by atoms with Crippen molar-refractivity contribution in [2.24, 2.45) is 0 Å². The number of sulfonamides is 1. The second kappa shape index (κ2) is 9.95. The fourth-order valence-corrected chi connectivity index (χ4v) is 3.12. The summed E-state index contributed by atoms with van der Waals surface area (Å²) in [6, 6.07) is 5.84. The first kappa shape index (κ1) is 20.9. The molecule has 7 nitrogen and oxygen atoms in total. The van der Waals surface area contributed by atoms with Crippen molar-refractivity contribution in [1.82, 2.24) is 4.31 Å². The Morgan fingerprint density at radius 2 is 1.88 bits per heavy atom. The molecule has 1 aromatic rings. The number of anilines is 1. The molecule has 0 aliphatic carbocycles. The highest BCUT2D eigenvalue weighted by Crippen LogP contribution is 2.18. The van der Waals surface area contributed by atoms with E-state index in [1.54, 1.807) is 14.0 Å². The van der Waals surface area contributed by atoms with Crippen molar-refractivity contribution in [2.75, 3.05) is 25.5 Å². The third-order valence-corrected chi connectivity index (χ3v) is 5.19. The van der Waals surface area contributed by atoms with Crippen LogP contribution in [0, 0.1) is 0 Å². The lowest BCUT2D eigenvalue weighted by atomic mass is 10.3. The van der Waals surface area contributed by atoms with Crippen LogP contribution in [0.4, 0.5) is 5.69 Å². The number of ether oxygens (including phenoxy) is 1. The molecule has 0 aliphatic heterocycles. The molecular weight excluding hydrogens is 344 g/mol. The Morgan fingerprint density at radius 1 is 1.24 bits per heavy atom. The number of nitrogens with one attached hydrogen (secondary N) is 1. The molecule has 1 aromatic carbocycles. The summed E-state index contributed by atoms with van der Waals surface area (Å²) in [4.78, 5) is 23.0. The van der Waals surface area contributed by atoms with E-state index in [-0.39, 0.29) is 4.90 Å². The van der Waals surface area contributed by atoms with E-state index in [0.717, 1.165) is 12.8 Å². The van der Waals surface area contributed by atoms with E-state index in [1.165, 1.54) is 40.7 Å². The number of nitrogens with zero attached hydrogens (tertiary/aromatic N) is 1. The first-order valence-corrected chi connectivity index (χ1v) is 9.41. The van der Waals surface area contributed by atoms with Gasteiger partial charge in [0, 0.05) is 25.4 Å². The van der Waals surface area contributed by atoms with Gasteiger partial charge in [0.1, 0.15) is 0 Å². The predicted molar refractivity (Wildman–Crippen MR) is 95.6 cm³/mol. The number of esters is 1. The predicted octanol–water partition coefficient (Wildman–Crippen LogP) is 2.17. The van der Waals surface area contributed by atoms with Crippen LogP contribution in [-0.2, 0) is 24.3 Å². The van der Waals surface area contributed by atoms with Gasteiger partial charge < -0.3 is 10.1 Å². The molecule has 1 amide bonds. The number of amides is 1. The zero-order chi connectivity index (χ0) is 18.9. The Kier molecular flexibility index (Phi) is 8.30. The first-order chi connectivity index (χ1) is 11.8. The van der Waals surface area contributed by atoms with Crippen LogP contribution in [0.25, 0.3) is 0 Å². The van der Waals surface area contributed by atoms with E-state index in [1.807, 2.05) is 6.92 Å². The Hall–Kier alpha value is -2.19. The van der Waals surface area contributed by atoms with Crippen LogP contribution < -0.4 is 5.32 Å². The Balaban J connectivity index is 2.67. The summed E-state index contributed by atoms with van der Waals surface area (Å²) in [6.07, 6.45) is 4.41. The number of carbonyl (C=O) groups excluding carboxylic acids is 2. The van der Waals surface area contributed by atoms with Gasteiger partial charge in [-0.25, -0.2) is 17.5 Å². The van der Waals surface area contributed by atoms with Gasteiger partial charge >= 0.3 is 5.97 Å². The van der Waals surface area contributed by atoms with Crippen molar-refractivity contribution in [1.29, 1.82) is 0 Å². The highest BCUT2D eigenvalue weighted by atomic mass is 32.2. The SMILES string of the molecule is C/C=C/C(=O)OCC(=O)Nc1ccc(S(=O)(=O)N(C)CCCC)cc1. The lowest BCUT2D eigenvalue weighted by Gasteiger charge is -2.17. The third kappa shape index (κ3) is 6.67. The number of rotatable bonds is 9. The molecule has 8 heteroatoms. The largest absolute Gasteiger partial charge is 0.452 e. The Morgan fingerprint density at radius 3 is 2.44 bits per heavy atom. The van der Waals surface area contributed by atoms with E-state index in [9.17, 15) is 18.0 Å². The van der Waals surface area contributed by atoms with Crippen molar-refractivity contribution < 1.29 is 22.7 Å². The molecule has 0 saturated carbocycles. The molecule has 0 atom stereocenters. The number of hydrogen-bond acceptors (Lipinski definition) is 5. The maximum absolute atomic E-state index is 12.4. The normalized spacial score (nSPS) is 11.7. The molecule has 0 fully saturated rings. The molecule has 1 N–H and O–H groups in total. The van der Waals surface area contributed by atoms with Crippen LogP contribution >= 0.6 is 0 Å². The second-order valence-electron chi connectivity index (χ2n) is 5.36. The van der Waals surface area contributed by atoms with Crippen LogP contribution in [0.1, 0.15) is 26.7 Å². The first-order valence-electron chi connectivity index (χ1n) is 7.97. The van der Waals surface area contributed by atoms with Crippen LogP contribution in [0.2, 0.25) is 0 Å². The number of benzene rings is 1. The topological polar surface area (TPSA) is 92.8 Å². The standard InChI is InChI=1S/C17H24N2O5S/c1-4-6-12-19(3)25(22,23)15-10-8-14(9-11-15)18-16(20)13-24-17(21)7-5-2/h5,7-11H,4,6,12-13H2,1-3H3,(H,18,20)/b7-5+. The van der Waals surface area contributed by atoms with Crippen molar-refractivity contribution >= 4 is 27.6 Å². The van der Waals surface area contributed by atoms with Gasteiger partial charge in [0.15, 0.2) is 6.61 Å². The van der Waals surface area contributed by atoms with Gasteiger partial charge in [0.25, 0.3) is 5.91 Å². The highest BCUT2D eigenvalue weighted by Gasteiger charge is 2.20. The van der Waals surface area contributed by atoms with Gasteiger partial charge in [0.05, 0.1) is 4.90 Å². The fourth-order valence-electron chi connectivity index (χ4n) is 1.91. The van der Waals surface area contributed by atoms with Gasteiger partial charge in [-0.2, -0.15) is 0 Å². The molecule has 0 saturated heterocycles. The van der Waals surface area contributed by atoms with Crippen molar-refractivity contribution in [3.05, 3.63) is 36.4 Å². The summed E-state index contributed by atoms with van der Waals surface area (Å²) in [6.45, 7) is 3.70. The fraction of sp³-hybridized carbons (Fsp3) is 0.412. The highest BCUT2D eigenvalue weighted by molar-refractivity contribution is 7.89. The molecule has 1 rings (SSSR count). The molecule has 0 unspecified atom stereocenters. The lowest BCUT2D eigenvalue weighted by molar-refractivity contribution is -0.142. The minimum atomic E-state index is -3.54. The van der Waals surface area contributed by atoms with E-state index in [0.29, 0.717) is 12.2 Å². The van der Waals surface area contributed by atoms with Gasteiger partial charge in [-0.3, -0.25) is 4.79 Å². The van der Waals surface area contributed by atoms with Crippen molar-refractivity contribution in [3.8, 4) is 0 Å². The van der Waals surface area contributed by atoms with Gasteiger partial charge in [0.2, 0.25) is 10.0 Å². The number of carbonyl (C=O) groups is 2. The summed E-state index contributed by atoms with van der Waals surface area (Å²) in [5.41, 5.74) is 0.419. The van der Waals surface area contributed by atoms with Crippen molar-refractivity contribution in [3.63, 3.8) is 0 Å². The lowest BCUT2D eigenvalue weighted by Crippen LogP contribution is -2.28. The van der Waals surface area contributed by atoms with E-state index in [4.69, 9.17) is 4.74 Å². The third-order valence-electron chi connectivity index (χ3n) is 3.32. The molecule has 0 heterocycles. The molecule has 25 heavy (non-hydrogen) atoms. The second-order valence-corrected chi connectivity index (χ2v) is 7.41. The summed E-state index contributed by atoms with van der Waals surface area (Å²) in [7, 11) is -2.00. The Labute approximate surface area is 148 Å². The average Bonchev–Trinajstić information content (AvgIpc) is 2.58. The summed E-state index contributed by atoms with van der Waals surface area (Å²) >= 11 is 0. The molecular formula is C17H24N2O5S. The number of allylic oxidation sites excluding steroid dienone is 1. The van der Waals surface area contributed by atoms with Crippen LogP contribution in [0.15, 0.2) is 41.3 Å². The average molecular weight is 368 g/mol. The van der Waals surface area contributed by atoms with Crippen LogP contribution in [0.3, 0.4) is 0 Å². The molecule has 138 valence electrons. The molecule has 0 radical (unpaired) electrons. The molecule has 0 bridgehead atoms. The smallest absolute Gasteiger partial charge is 0.330 e. The maximum Gasteiger partial charge on any atom is 0.330 e.